The highest BCUT2D eigenvalue weighted by atomic mass is 32.2. The molecule has 1 aromatic heterocycles. The lowest BCUT2D eigenvalue weighted by Gasteiger charge is -2.15. The first-order valence-electron chi connectivity index (χ1n) is 8.06. The average molecular weight is 364 g/mol. The van der Waals surface area contributed by atoms with Gasteiger partial charge in [0.15, 0.2) is 0 Å². The van der Waals surface area contributed by atoms with E-state index in [1.807, 2.05) is 0 Å². The maximum absolute atomic E-state index is 12.1. The van der Waals surface area contributed by atoms with Crippen LogP contribution in [0.25, 0.3) is 11.3 Å². The highest BCUT2D eigenvalue weighted by Gasteiger charge is 2.25. The van der Waals surface area contributed by atoms with E-state index in [4.69, 9.17) is 0 Å². The van der Waals surface area contributed by atoms with E-state index in [-0.39, 0.29) is 23.7 Å². The van der Waals surface area contributed by atoms with Crippen molar-refractivity contribution in [3.63, 3.8) is 0 Å². The van der Waals surface area contributed by atoms with E-state index in [2.05, 4.69) is 15.5 Å². The molecule has 0 spiro atoms. The summed E-state index contributed by atoms with van der Waals surface area (Å²) in [6.45, 7) is 1.17. The standard InChI is InChI=1S/C16H20N4O4S/c21-13-5-3-12(4-6-13)14-11-15(19-18-14)16(22)17-7-10-25(23,24)20-8-1-2-9-20/h3-6,11,21H,1-2,7-10H2,(H,17,22)(H,18,19). The molecule has 25 heavy (non-hydrogen) atoms. The van der Waals surface area contributed by atoms with Gasteiger partial charge >= 0.3 is 0 Å². The van der Waals surface area contributed by atoms with Crippen LogP contribution < -0.4 is 5.32 Å². The Labute approximate surface area is 145 Å². The van der Waals surface area contributed by atoms with Gasteiger partial charge in [0, 0.05) is 25.2 Å². The van der Waals surface area contributed by atoms with E-state index in [9.17, 15) is 18.3 Å². The summed E-state index contributed by atoms with van der Waals surface area (Å²) in [5, 5.41) is 18.6. The van der Waals surface area contributed by atoms with E-state index in [1.165, 1.54) is 16.4 Å². The molecule has 9 heteroatoms. The minimum atomic E-state index is -3.31. The number of hydrogen-bond donors (Lipinski definition) is 3. The van der Waals surface area contributed by atoms with Crippen molar-refractivity contribution >= 4 is 15.9 Å². The number of nitrogens with one attached hydrogen (secondary N) is 2. The minimum Gasteiger partial charge on any atom is -0.508 e. The van der Waals surface area contributed by atoms with E-state index >= 15 is 0 Å². The number of aromatic amines is 1. The molecule has 1 fully saturated rings. The fourth-order valence-corrected chi connectivity index (χ4v) is 4.14. The molecule has 3 N–H and O–H groups in total. The summed E-state index contributed by atoms with van der Waals surface area (Å²) in [6.07, 6.45) is 1.78. The number of nitrogens with zero attached hydrogens (tertiary/aromatic N) is 2. The zero-order valence-electron chi connectivity index (χ0n) is 13.6. The Balaban J connectivity index is 1.56. The van der Waals surface area contributed by atoms with Crippen LogP contribution in [0, 0.1) is 0 Å². The molecule has 2 aromatic rings. The van der Waals surface area contributed by atoms with Gasteiger partial charge in [0.2, 0.25) is 10.0 Å². The number of carbonyl (C=O) groups is 1. The molecule has 1 saturated heterocycles. The molecule has 134 valence electrons. The largest absolute Gasteiger partial charge is 0.508 e. The quantitative estimate of drug-likeness (QED) is 0.705. The van der Waals surface area contributed by atoms with Crippen molar-refractivity contribution in [2.45, 2.75) is 12.8 Å². The second-order valence-corrected chi connectivity index (χ2v) is 7.98. The Morgan fingerprint density at radius 1 is 1.24 bits per heavy atom. The van der Waals surface area contributed by atoms with Crippen LogP contribution >= 0.6 is 0 Å². The van der Waals surface area contributed by atoms with Gasteiger partial charge in [-0.2, -0.15) is 5.10 Å². The number of hydrogen-bond acceptors (Lipinski definition) is 5. The molecule has 0 aliphatic carbocycles. The van der Waals surface area contributed by atoms with Gasteiger partial charge < -0.3 is 10.4 Å². The van der Waals surface area contributed by atoms with Crippen molar-refractivity contribution in [1.82, 2.24) is 19.8 Å². The minimum absolute atomic E-state index is 0.0469. The molecule has 1 aliphatic rings. The lowest BCUT2D eigenvalue weighted by atomic mass is 10.1. The van der Waals surface area contributed by atoms with Gasteiger partial charge in [-0.05, 0) is 43.2 Å². The molecule has 0 bridgehead atoms. The van der Waals surface area contributed by atoms with E-state index < -0.39 is 15.9 Å². The van der Waals surface area contributed by atoms with Crippen LogP contribution in [-0.4, -0.2) is 59.3 Å². The molecule has 1 aromatic carbocycles. The monoisotopic (exact) mass is 364 g/mol. The maximum atomic E-state index is 12.1. The first kappa shape index (κ1) is 17.4. The SMILES string of the molecule is O=C(NCCS(=O)(=O)N1CCCC1)c1cc(-c2ccc(O)cc2)n[nH]1. The molecule has 1 aliphatic heterocycles. The number of carbonyl (C=O) groups excluding carboxylic acids is 1. The summed E-state index contributed by atoms with van der Waals surface area (Å²) in [6, 6.07) is 8.03. The van der Waals surface area contributed by atoms with E-state index in [1.54, 1.807) is 18.2 Å². The molecular weight excluding hydrogens is 344 g/mol. The van der Waals surface area contributed by atoms with Crippen LogP contribution in [0.15, 0.2) is 30.3 Å². The van der Waals surface area contributed by atoms with Crippen molar-refractivity contribution in [1.29, 1.82) is 0 Å². The first-order chi connectivity index (χ1) is 12.0. The predicted octanol–water partition coefficient (Wildman–Crippen LogP) is 0.938. The number of rotatable bonds is 6. The van der Waals surface area contributed by atoms with Crippen molar-refractivity contribution in [3.05, 3.63) is 36.0 Å². The third-order valence-corrected chi connectivity index (χ3v) is 5.96. The summed E-state index contributed by atoms with van der Waals surface area (Å²) < 4.78 is 25.7. The Kier molecular flexibility index (Phi) is 5.05. The Hall–Kier alpha value is -2.39. The van der Waals surface area contributed by atoms with Gasteiger partial charge in [-0.25, -0.2) is 12.7 Å². The normalized spacial score (nSPS) is 15.4. The smallest absolute Gasteiger partial charge is 0.269 e. The molecule has 8 nitrogen and oxygen atoms in total. The van der Waals surface area contributed by atoms with Crippen LogP contribution in [0.3, 0.4) is 0 Å². The van der Waals surface area contributed by atoms with Crippen LogP contribution in [0.4, 0.5) is 0 Å². The zero-order chi connectivity index (χ0) is 17.9. The van der Waals surface area contributed by atoms with Crippen LogP contribution in [0.1, 0.15) is 23.3 Å². The third-order valence-electron chi connectivity index (χ3n) is 4.09. The molecule has 3 rings (SSSR count). The van der Waals surface area contributed by atoms with Crippen LogP contribution in [0.5, 0.6) is 5.75 Å². The third kappa shape index (κ3) is 4.18. The fraction of sp³-hybridized carbons (Fsp3) is 0.375. The number of phenols is 1. The molecule has 2 heterocycles. The van der Waals surface area contributed by atoms with Crippen molar-refractivity contribution in [3.8, 4) is 17.0 Å². The first-order valence-corrected chi connectivity index (χ1v) is 9.67. The zero-order valence-corrected chi connectivity index (χ0v) is 14.4. The predicted molar refractivity (Wildman–Crippen MR) is 92.6 cm³/mol. The lowest BCUT2D eigenvalue weighted by molar-refractivity contribution is 0.0951. The topological polar surface area (TPSA) is 115 Å². The molecule has 1 amide bonds. The molecule has 0 saturated carbocycles. The Bertz CT molecular complexity index is 839. The van der Waals surface area contributed by atoms with Gasteiger partial charge in [-0.1, -0.05) is 0 Å². The van der Waals surface area contributed by atoms with Gasteiger partial charge in [0.05, 0.1) is 11.4 Å². The Morgan fingerprint density at radius 2 is 1.92 bits per heavy atom. The van der Waals surface area contributed by atoms with Crippen LogP contribution in [-0.2, 0) is 10.0 Å². The van der Waals surface area contributed by atoms with Gasteiger partial charge in [-0.3, -0.25) is 9.89 Å². The summed E-state index contributed by atoms with van der Waals surface area (Å²) in [5.41, 5.74) is 1.57. The van der Waals surface area contributed by atoms with Crippen molar-refractivity contribution < 1.29 is 18.3 Å². The fourth-order valence-electron chi connectivity index (χ4n) is 2.70. The maximum Gasteiger partial charge on any atom is 0.269 e. The van der Waals surface area contributed by atoms with Crippen molar-refractivity contribution in [2.75, 3.05) is 25.4 Å². The van der Waals surface area contributed by atoms with E-state index in [0.717, 1.165) is 18.4 Å². The summed E-state index contributed by atoms with van der Waals surface area (Å²) >= 11 is 0. The van der Waals surface area contributed by atoms with Gasteiger partial charge in [0.1, 0.15) is 11.4 Å². The Morgan fingerprint density at radius 3 is 2.60 bits per heavy atom. The molecule has 0 unspecified atom stereocenters. The highest BCUT2D eigenvalue weighted by Crippen LogP contribution is 2.20. The number of amides is 1. The molecule has 0 atom stereocenters. The second-order valence-electron chi connectivity index (χ2n) is 5.89. The average Bonchev–Trinajstić information content (AvgIpc) is 3.27. The molecule has 0 radical (unpaired) electrons. The van der Waals surface area contributed by atoms with E-state index in [0.29, 0.717) is 18.8 Å². The van der Waals surface area contributed by atoms with Crippen molar-refractivity contribution in [2.24, 2.45) is 0 Å². The van der Waals surface area contributed by atoms with Gasteiger partial charge in [0.25, 0.3) is 5.91 Å². The lowest BCUT2D eigenvalue weighted by Crippen LogP contribution is -2.36. The number of aromatic hydroxyl groups is 1. The summed E-state index contributed by atoms with van der Waals surface area (Å²) in [4.78, 5) is 12.1. The molecular formula is C16H20N4O4S. The highest BCUT2D eigenvalue weighted by molar-refractivity contribution is 7.89. The van der Waals surface area contributed by atoms with Gasteiger partial charge in [-0.15, -0.1) is 0 Å². The number of benzene rings is 1. The number of sulfonamides is 1. The van der Waals surface area contributed by atoms with Crippen LogP contribution in [0.2, 0.25) is 0 Å². The number of aromatic nitrogens is 2. The number of H-pyrrole nitrogens is 1. The second kappa shape index (κ2) is 7.24. The summed E-state index contributed by atoms with van der Waals surface area (Å²) in [5.74, 6) is -0.372. The number of phenolic OH excluding ortho intramolecular Hbond substituents is 1. The summed E-state index contributed by atoms with van der Waals surface area (Å²) in [7, 11) is -3.31.